The molecule has 1 aliphatic heterocycles. The van der Waals surface area contributed by atoms with Crippen LogP contribution < -0.4 is 10.2 Å². The molecule has 0 atom stereocenters. The van der Waals surface area contributed by atoms with E-state index in [-0.39, 0.29) is 5.91 Å². The van der Waals surface area contributed by atoms with E-state index in [1.807, 2.05) is 11.0 Å². The number of aryl methyl sites for hydroxylation is 3. The molecule has 0 aliphatic carbocycles. The molecule has 0 aromatic heterocycles. The highest BCUT2D eigenvalue weighted by atomic mass is 16.2. The van der Waals surface area contributed by atoms with Crippen LogP contribution in [0, 0.1) is 6.92 Å². The fraction of sp³-hybridized carbons (Fsp3) is 0.381. The Morgan fingerprint density at radius 2 is 2.00 bits per heavy atom. The number of para-hydroxylation sites is 2. The van der Waals surface area contributed by atoms with Crippen molar-refractivity contribution in [3.63, 3.8) is 0 Å². The maximum absolute atomic E-state index is 12.7. The van der Waals surface area contributed by atoms with Gasteiger partial charge >= 0.3 is 0 Å². The molecule has 2 aromatic carbocycles. The monoisotopic (exact) mass is 322 g/mol. The first-order chi connectivity index (χ1) is 11.7. The fourth-order valence-electron chi connectivity index (χ4n) is 3.50. The lowest BCUT2D eigenvalue weighted by molar-refractivity contribution is -0.118. The molecule has 3 heteroatoms. The zero-order valence-electron chi connectivity index (χ0n) is 14.6. The standard InChI is InChI=1S/C21H26N2O/c1-3-17-10-6-8-16(2)21(17)22-14-13-20(24)23-15-7-11-18-9-4-5-12-19(18)23/h4-6,8-10,12,22H,3,7,11,13-15H2,1-2H3. The van der Waals surface area contributed by atoms with Crippen LogP contribution in [-0.2, 0) is 17.6 Å². The maximum Gasteiger partial charge on any atom is 0.228 e. The molecule has 0 saturated carbocycles. The highest BCUT2D eigenvalue weighted by Gasteiger charge is 2.21. The van der Waals surface area contributed by atoms with Gasteiger partial charge in [-0.3, -0.25) is 4.79 Å². The lowest BCUT2D eigenvalue weighted by Gasteiger charge is -2.29. The Bertz CT molecular complexity index is 724. The first-order valence-electron chi connectivity index (χ1n) is 8.91. The van der Waals surface area contributed by atoms with Gasteiger partial charge in [0.1, 0.15) is 0 Å². The highest BCUT2D eigenvalue weighted by Crippen LogP contribution is 2.27. The predicted molar refractivity (Wildman–Crippen MR) is 101 cm³/mol. The summed E-state index contributed by atoms with van der Waals surface area (Å²) in [7, 11) is 0. The molecular formula is C21H26N2O. The van der Waals surface area contributed by atoms with E-state index in [2.05, 4.69) is 55.6 Å². The summed E-state index contributed by atoms with van der Waals surface area (Å²) in [4.78, 5) is 14.6. The maximum atomic E-state index is 12.7. The fourth-order valence-corrected chi connectivity index (χ4v) is 3.50. The summed E-state index contributed by atoms with van der Waals surface area (Å²) in [5.74, 6) is 0.210. The Hall–Kier alpha value is -2.29. The third-order valence-corrected chi connectivity index (χ3v) is 4.79. The van der Waals surface area contributed by atoms with Gasteiger partial charge in [0.15, 0.2) is 0 Å². The second kappa shape index (κ2) is 7.52. The molecule has 1 amide bonds. The van der Waals surface area contributed by atoms with Gasteiger partial charge in [0.2, 0.25) is 5.91 Å². The third kappa shape index (κ3) is 3.45. The van der Waals surface area contributed by atoms with Crippen LogP contribution in [-0.4, -0.2) is 19.0 Å². The number of nitrogens with zero attached hydrogens (tertiary/aromatic N) is 1. The summed E-state index contributed by atoms with van der Waals surface area (Å²) in [6.45, 7) is 5.79. The number of fused-ring (bicyclic) bond motifs is 1. The Kier molecular flexibility index (Phi) is 5.19. The molecule has 24 heavy (non-hydrogen) atoms. The van der Waals surface area contributed by atoms with Crippen LogP contribution in [0.5, 0.6) is 0 Å². The number of amides is 1. The molecule has 3 nitrogen and oxygen atoms in total. The second-order valence-corrected chi connectivity index (χ2v) is 6.42. The van der Waals surface area contributed by atoms with Crippen molar-refractivity contribution in [2.24, 2.45) is 0 Å². The smallest absolute Gasteiger partial charge is 0.228 e. The lowest BCUT2D eigenvalue weighted by Crippen LogP contribution is -2.36. The topological polar surface area (TPSA) is 32.3 Å². The molecule has 1 heterocycles. The average molecular weight is 322 g/mol. The normalized spacial score (nSPS) is 13.5. The number of rotatable bonds is 5. The Morgan fingerprint density at radius 1 is 1.17 bits per heavy atom. The predicted octanol–water partition coefficient (Wildman–Crippen LogP) is 4.34. The molecule has 1 aliphatic rings. The summed E-state index contributed by atoms with van der Waals surface area (Å²) in [6.07, 6.45) is 3.64. The van der Waals surface area contributed by atoms with Gasteiger partial charge in [-0.25, -0.2) is 0 Å². The molecule has 1 N–H and O–H groups in total. The third-order valence-electron chi connectivity index (χ3n) is 4.79. The van der Waals surface area contributed by atoms with E-state index in [0.29, 0.717) is 13.0 Å². The van der Waals surface area contributed by atoms with Gasteiger partial charge in [-0.2, -0.15) is 0 Å². The minimum absolute atomic E-state index is 0.210. The molecule has 3 rings (SSSR count). The van der Waals surface area contributed by atoms with Crippen molar-refractivity contribution in [3.8, 4) is 0 Å². The van der Waals surface area contributed by atoms with Crippen molar-refractivity contribution in [1.29, 1.82) is 0 Å². The van der Waals surface area contributed by atoms with Gasteiger partial charge in [-0.1, -0.05) is 43.3 Å². The zero-order chi connectivity index (χ0) is 16.9. The molecular weight excluding hydrogens is 296 g/mol. The quantitative estimate of drug-likeness (QED) is 0.888. The summed E-state index contributed by atoms with van der Waals surface area (Å²) in [5, 5.41) is 3.48. The molecule has 0 fully saturated rings. The van der Waals surface area contributed by atoms with Gasteiger partial charge in [-0.05, 0) is 48.9 Å². The summed E-state index contributed by atoms with van der Waals surface area (Å²) in [6, 6.07) is 14.6. The Balaban J connectivity index is 1.63. The second-order valence-electron chi connectivity index (χ2n) is 6.42. The molecule has 0 unspecified atom stereocenters. The van der Waals surface area contributed by atoms with E-state index >= 15 is 0 Å². The minimum atomic E-state index is 0.210. The van der Waals surface area contributed by atoms with E-state index in [0.717, 1.165) is 31.5 Å². The van der Waals surface area contributed by atoms with E-state index in [4.69, 9.17) is 0 Å². The van der Waals surface area contributed by atoms with Crippen LogP contribution in [0.3, 0.4) is 0 Å². The number of carbonyl (C=O) groups excluding carboxylic acids is 1. The van der Waals surface area contributed by atoms with Gasteiger partial charge in [0.05, 0.1) is 0 Å². The number of hydrogen-bond donors (Lipinski definition) is 1. The van der Waals surface area contributed by atoms with E-state index < -0.39 is 0 Å². The van der Waals surface area contributed by atoms with Gasteiger partial charge in [0.25, 0.3) is 0 Å². The Morgan fingerprint density at radius 3 is 2.83 bits per heavy atom. The lowest BCUT2D eigenvalue weighted by atomic mass is 10.0. The van der Waals surface area contributed by atoms with Crippen molar-refractivity contribution in [1.82, 2.24) is 0 Å². The number of nitrogens with one attached hydrogen (secondary N) is 1. The van der Waals surface area contributed by atoms with Crippen molar-refractivity contribution in [2.75, 3.05) is 23.3 Å². The van der Waals surface area contributed by atoms with Crippen LogP contribution in [0.25, 0.3) is 0 Å². The summed E-state index contributed by atoms with van der Waals surface area (Å²) < 4.78 is 0. The van der Waals surface area contributed by atoms with Gasteiger partial charge in [0, 0.05) is 30.9 Å². The van der Waals surface area contributed by atoms with Crippen molar-refractivity contribution in [2.45, 2.75) is 39.5 Å². The van der Waals surface area contributed by atoms with Crippen LogP contribution in [0.15, 0.2) is 42.5 Å². The minimum Gasteiger partial charge on any atom is -0.384 e. The molecule has 0 saturated heterocycles. The number of hydrogen-bond acceptors (Lipinski definition) is 2. The molecule has 2 aromatic rings. The van der Waals surface area contributed by atoms with E-state index in [1.165, 1.54) is 22.4 Å². The molecule has 0 radical (unpaired) electrons. The van der Waals surface area contributed by atoms with Crippen molar-refractivity contribution >= 4 is 17.3 Å². The van der Waals surface area contributed by atoms with Gasteiger partial charge in [-0.15, -0.1) is 0 Å². The van der Waals surface area contributed by atoms with Crippen LogP contribution >= 0.6 is 0 Å². The zero-order valence-corrected chi connectivity index (χ0v) is 14.6. The number of anilines is 2. The average Bonchev–Trinajstić information content (AvgIpc) is 2.62. The summed E-state index contributed by atoms with van der Waals surface area (Å²) >= 11 is 0. The summed E-state index contributed by atoms with van der Waals surface area (Å²) in [5.41, 5.74) is 6.12. The van der Waals surface area contributed by atoms with E-state index in [1.54, 1.807) is 0 Å². The van der Waals surface area contributed by atoms with Crippen molar-refractivity contribution < 1.29 is 4.79 Å². The van der Waals surface area contributed by atoms with E-state index in [9.17, 15) is 4.79 Å². The number of benzene rings is 2. The SMILES string of the molecule is CCc1cccc(C)c1NCCC(=O)N1CCCc2ccccc21. The van der Waals surface area contributed by atoms with Crippen LogP contribution in [0.4, 0.5) is 11.4 Å². The molecule has 126 valence electrons. The first kappa shape index (κ1) is 16.6. The molecule has 0 spiro atoms. The van der Waals surface area contributed by atoms with Gasteiger partial charge < -0.3 is 10.2 Å². The van der Waals surface area contributed by atoms with Crippen LogP contribution in [0.1, 0.15) is 36.5 Å². The highest BCUT2D eigenvalue weighted by molar-refractivity contribution is 5.94. The van der Waals surface area contributed by atoms with Crippen molar-refractivity contribution in [3.05, 3.63) is 59.2 Å². The Labute approximate surface area is 144 Å². The molecule has 0 bridgehead atoms. The van der Waals surface area contributed by atoms with Crippen LogP contribution in [0.2, 0.25) is 0 Å². The first-order valence-corrected chi connectivity index (χ1v) is 8.91. The number of carbonyl (C=O) groups is 1. The largest absolute Gasteiger partial charge is 0.384 e.